The third kappa shape index (κ3) is 4.25. The Hall–Kier alpha value is -1.79. The van der Waals surface area contributed by atoms with Crippen LogP contribution in [0.1, 0.15) is 31.2 Å². The molecule has 0 unspecified atom stereocenters. The number of carboxylic acids is 1. The Morgan fingerprint density at radius 3 is 2.48 bits per heavy atom. The number of amides is 2. The van der Waals surface area contributed by atoms with Crippen molar-refractivity contribution in [2.24, 2.45) is 0 Å². The molecule has 2 aliphatic rings. The van der Waals surface area contributed by atoms with Crippen LogP contribution >= 0.6 is 11.6 Å². The van der Waals surface area contributed by atoms with Crippen LogP contribution in [0, 0.1) is 0 Å². The van der Waals surface area contributed by atoms with Crippen LogP contribution in [0.15, 0.2) is 24.3 Å². The number of carbonyl (C=O) groups is 2. The van der Waals surface area contributed by atoms with Gasteiger partial charge in [-0.2, -0.15) is 0 Å². The lowest BCUT2D eigenvalue weighted by atomic mass is 9.85. The smallest absolute Gasteiger partial charge is 0.317 e. The van der Waals surface area contributed by atoms with E-state index in [0.29, 0.717) is 12.5 Å². The fourth-order valence-electron chi connectivity index (χ4n) is 3.53. The highest BCUT2D eigenvalue weighted by molar-refractivity contribution is 6.30. The molecule has 2 N–H and O–H groups in total. The highest BCUT2D eigenvalue weighted by Gasteiger charge is 2.37. The molecule has 2 amide bonds. The number of halogens is 1. The lowest BCUT2D eigenvalue weighted by Crippen LogP contribution is -2.59. The molecular formula is C18H24ClN3O3. The summed E-state index contributed by atoms with van der Waals surface area (Å²) in [5.74, 6) is -0.425. The first kappa shape index (κ1) is 18.0. The molecule has 0 bridgehead atoms. The van der Waals surface area contributed by atoms with E-state index in [9.17, 15) is 9.59 Å². The number of nitrogens with one attached hydrogen (secondary N) is 1. The summed E-state index contributed by atoms with van der Waals surface area (Å²) < 4.78 is 0. The van der Waals surface area contributed by atoms with Gasteiger partial charge in [0.25, 0.3) is 0 Å². The molecule has 1 aromatic rings. The van der Waals surface area contributed by atoms with Gasteiger partial charge < -0.3 is 15.3 Å². The third-order valence-corrected chi connectivity index (χ3v) is 5.46. The van der Waals surface area contributed by atoms with E-state index in [2.05, 4.69) is 5.32 Å². The van der Waals surface area contributed by atoms with E-state index in [1.54, 1.807) is 0 Å². The molecule has 0 atom stereocenters. The van der Waals surface area contributed by atoms with Crippen molar-refractivity contribution in [3.63, 3.8) is 0 Å². The van der Waals surface area contributed by atoms with Gasteiger partial charge in [-0.1, -0.05) is 30.7 Å². The number of hydrogen-bond acceptors (Lipinski definition) is 3. The van der Waals surface area contributed by atoms with E-state index in [1.807, 2.05) is 41.0 Å². The fraction of sp³-hybridized carbons (Fsp3) is 0.556. The molecule has 6 nitrogen and oxygen atoms in total. The van der Waals surface area contributed by atoms with Gasteiger partial charge >= 0.3 is 12.0 Å². The van der Waals surface area contributed by atoms with E-state index in [0.717, 1.165) is 31.0 Å². The topological polar surface area (TPSA) is 72.9 Å². The van der Waals surface area contributed by atoms with Gasteiger partial charge in [0, 0.05) is 36.1 Å². The summed E-state index contributed by atoms with van der Waals surface area (Å²) in [5, 5.41) is 12.7. The molecule has 1 heterocycles. The van der Waals surface area contributed by atoms with Crippen molar-refractivity contribution >= 4 is 23.6 Å². The maximum atomic E-state index is 12.3. The zero-order valence-corrected chi connectivity index (χ0v) is 15.1. The molecular weight excluding hydrogens is 342 g/mol. The zero-order chi connectivity index (χ0) is 18.0. The van der Waals surface area contributed by atoms with E-state index >= 15 is 0 Å². The van der Waals surface area contributed by atoms with Crippen molar-refractivity contribution in [1.29, 1.82) is 0 Å². The summed E-state index contributed by atoms with van der Waals surface area (Å²) in [4.78, 5) is 26.9. The van der Waals surface area contributed by atoms with Gasteiger partial charge in [-0.25, -0.2) is 4.79 Å². The van der Waals surface area contributed by atoms with E-state index < -0.39 is 5.97 Å². The van der Waals surface area contributed by atoms with E-state index in [-0.39, 0.29) is 24.7 Å². The molecule has 7 heteroatoms. The van der Waals surface area contributed by atoms with Gasteiger partial charge in [0.05, 0.1) is 6.54 Å². The van der Waals surface area contributed by atoms with Crippen LogP contribution in [0.5, 0.6) is 0 Å². The normalized spacial score (nSPS) is 23.1. The lowest BCUT2D eigenvalue weighted by Gasteiger charge is -2.45. The first-order valence-electron chi connectivity index (χ1n) is 8.73. The maximum Gasteiger partial charge on any atom is 0.317 e. The van der Waals surface area contributed by atoms with Crippen LogP contribution in [0.2, 0.25) is 5.02 Å². The second kappa shape index (κ2) is 7.62. The van der Waals surface area contributed by atoms with E-state index in [4.69, 9.17) is 16.7 Å². The molecule has 1 aliphatic heterocycles. The van der Waals surface area contributed by atoms with Crippen LogP contribution in [0.4, 0.5) is 4.79 Å². The minimum Gasteiger partial charge on any atom is -0.480 e. The summed E-state index contributed by atoms with van der Waals surface area (Å²) in [7, 11) is 0. The number of aliphatic carboxylic acids is 1. The largest absolute Gasteiger partial charge is 0.480 e. The highest BCUT2D eigenvalue weighted by Crippen LogP contribution is 2.29. The number of nitrogens with zero attached hydrogens (tertiary/aromatic N) is 2. The maximum absolute atomic E-state index is 12.3. The van der Waals surface area contributed by atoms with Crippen LogP contribution in [0.25, 0.3) is 0 Å². The molecule has 1 aromatic carbocycles. The molecule has 1 aliphatic carbocycles. The minimum atomic E-state index is -0.803. The molecule has 3 rings (SSSR count). The molecule has 1 saturated carbocycles. The summed E-state index contributed by atoms with van der Waals surface area (Å²) in [6.07, 6.45) is 1.64. The standard InChI is InChI=1S/C18H24ClN3O3/c1-2-21(11-17(23)24)16-7-15(8-16)20-18(25)22-9-13(10-22)12-3-5-14(19)6-4-12/h3-6,13,15-16H,2,7-11H2,1H3,(H,20,25)(H,23,24). The molecule has 1 saturated heterocycles. The fourth-order valence-corrected chi connectivity index (χ4v) is 3.66. The Morgan fingerprint density at radius 2 is 1.92 bits per heavy atom. The Morgan fingerprint density at radius 1 is 1.28 bits per heavy atom. The van der Waals surface area contributed by atoms with Gasteiger partial charge in [0.1, 0.15) is 0 Å². The van der Waals surface area contributed by atoms with Crippen molar-refractivity contribution in [1.82, 2.24) is 15.1 Å². The SMILES string of the molecule is CCN(CC(=O)O)C1CC(NC(=O)N2CC(c3ccc(Cl)cc3)C2)C1. The second-order valence-electron chi connectivity index (χ2n) is 6.88. The Bertz CT molecular complexity index is 625. The van der Waals surface area contributed by atoms with Gasteiger partial charge in [0.2, 0.25) is 0 Å². The minimum absolute atomic E-state index is 0.0186. The molecule has 25 heavy (non-hydrogen) atoms. The Kier molecular flexibility index (Phi) is 5.49. The monoisotopic (exact) mass is 365 g/mol. The summed E-state index contributed by atoms with van der Waals surface area (Å²) in [6, 6.07) is 8.17. The number of rotatable bonds is 6. The predicted octanol–water partition coefficient (Wildman–Crippen LogP) is 2.39. The molecule has 0 spiro atoms. The average molecular weight is 366 g/mol. The van der Waals surface area contributed by atoms with Crippen LogP contribution < -0.4 is 5.32 Å². The molecule has 0 aromatic heterocycles. The van der Waals surface area contributed by atoms with Crippen molar-refractivity contribution < 1.29 is 14.7 Å². The van der Waals surface area contributed by atoms with Crippen molar-refractivity contribution in [2.45, 2.75) is 37.8 Å². The summed E-state index contributed by atoms with van der Waals surface area (Å²) in [5.41, 5.74) is 1.21. The summed E-state index contributed by atoms with van der Waals surface area (Å²) >= 11 is 5.90. The van der Waals surface area contributed by atoms with Gasteiger partial charge in [-0.3, -0.25) is 9.69 Å². The van der Waals surface area contributed by atoms with Gasteiger partial charge in [-0.15, -0.1) is 0 Å². The van der Waals surface area contributed by atoms with Crippen LogP contribution in [-0.4, -0.2) is 65.2 Å². The number of hydrogen-bond donors (Lipinski definition) is 2. The van der Waals surface area contributed by atoms with Crippen molar-refractivity contribution in [2.75, 3.05) is 26.2 Å². The average Bonchev–Trinajstić information content (AvgIpc) is 2.48. The molecule has 2 fully saturated rings. The van der Waals surface area contributed by atoms with Gasteiger partial charge in [-0.05, 0) is 37.1 Å². The molecule has 0 radical (unpaired) electrons. The Balaban J connectivity index is 1.39. The van der Waals surface area contributed by atoms with Crippen molar-refractivity contribution in [3.05, 3.63) is 34.9 Å². The number of benzene rings is 1. The number of carboxylic acid groups (broad SMARTS) is 1. The molecule has 136 valence electrons. The second-order valence-corrected chi connectivity index (χ2v) is 7.32. The third-order valence-electron chi connectivity index (χ3n) is 5.21. The number of likely N-dealkylation sites (tertiary alicyclic amines) is 1. The highest BCUT2D eigenvalue weighted by atomic mass is 35.5. The first-order valence-corrected chi connectivity index (χ1v) is 9.10. The van der Waals surface area contributed by atoms with Gasteiger partial charge in [0.15, 0.2) is 0 Å². The number of carbonyl (C=O) groups excluding carboxylic acids is 1. The first-order chi connectivity index (χ1) is 12.0. The zero-order valence-electron chi connectivity index (χ0n) is 14.3. The van der Waals surface area contributed by atoms with Crippen LogP contribution in [-0.2, 0) is 4.79 Å². The number of urea groups is 1. The Labute approximate surface area is 152 Å². The van der Waals surface area contributed by atoms with E-state index in [1.165, 1.54) is 5.56 Å². The quantitative estimate of drug-likeness (QED) is 0.811. The van der Waals surface area contributed by atoms with Crippen molar-refractivity contribution in [3.8, 4) is 0 Å². The summed E-state index contributed by atoms with van der Waals surface area (Å²) in [6.45, 7) is 4.20. The van der Waals surface area contributed by atoms with Crippen LogP contribution in [0.3, 0.4) is 0 Å². The lowest BCUT2D eigenvalue weighted by molar-refractivity contribution is -0.139. The number of likely N-dealkylation sites (N-methyl/N-ethyl adjacent to an activating group) is 1. The predicted molar refractivity (Wildman–Crippen MR) is 96.0 cm³/mol.